The van der Waals surface area contributed by atoms with Crippen molar-refractivity contribution in [1.29, 1.82) is 0 Å². The molecule has 0 aliphatic rings. The Morgan fingerprint density at radius 3 is 3.22 bits per heavy atom. The Hall–Kier alpha value is -1.38. The van der Waals surface area contributed by atoms with Gasteiger partial charge in [0.15, 0.2) is 0 Å². The molecule has 0 bridgehead atoms. The zero-order chi connectivity index (χ0) is 6.10. The maximum absolute atomic E-state index is 4.04. The summed E-state index contributed by atoms with van der Waals surface area (Å²) in [6, 6.07) is 1.86. The van der Waals surface area contributed by atoms with Crippen LogP contribution in [0.5, 0.6) is 0 Å². The van der Waals surface area contributed by atoms with Gasteiger partial charge in [0.05, 0.1) is 0 Å². The Kier molecular flexibility index (Phi) is 0.773. The van der Waals surface area contributed by atoms with E-state index in [1.807, 2.05) is 16.7 Å². The fraction of sp³-hybridized carbons (Fsp3) is 0. The first-order valence-electron chi connectivity index (χ1n) is 2.69. The summed E-state index contributed by atoms with van der Waals surface area (Å²) < 4.78 is 1.86. The van der Waals surface area contributed by atoms with E-state index in [1.54, 1.807) is 18.7 Å². The average Bonchev–Trinajstić information content (AvgIpc) is 2.33. The lowest BCUT2D eigenvalue weighted by atomic mass is 10.6. The molecule has 44 valence electrons. The predicted molar refractivity (Wildman–Crippen MR) is 33.0 cm³/mol. The molecule has 0 aliphatic heterocycles. The number of fused-ring (bicyclic) bond motifs is 1. The molecule has 0 aromatic carbocycles. The summed E-state index contributed by atoms with van der Waals surface area (Å²) in [6.07, 6.45) is 7.06. The maximum atomic E-state index is 4.04. The van der Waals surface area contributed by atoms with Gasteiger partial charge < -0.3 is 0 Å². The first-order chi connectivity index (χ1) is 4.47. The van der Waals surface area contributed by atoms with E-state index in [9.17, 15) is 0 Å². The van der Waals surface area contributed by atoms with E-state index in [2.05, 4.69) is 9.97 Å². The summed E-state index contributed by atoms with van der Waals surface area (Å²) in [4.78, 5) is 7.95. The largest absolute Gasteiger partial charge is 0.290 e. The summed E-state index contributed by atoms with van der Waals surface area (Å²) in [7, 11) is 0. The highest BCUT2D eigenvalue weighted by Gasteiger charge is 1.86. The molecule has 2 aromatic rings. The van der Waals surface area contributed by atoms with Gasteiger partial charge in [0, 0.05) is 18.6 Å². The quantitative estimate of drug-likeness (QED) is 0.511. The molecule has 0 spiro atoms. The number of hydrogen-bond acceptors (Lipinski definition) is 2. The number of aromatic nitrogens is 3. The summed E-state index contributed by atoms with van der Waals surface area (Å²) in [6.45, 7) is 0. The van der Waals surface area contributed by atoms with E-state index in [0.717, 1.165) is 5.65 Å². The molecule has 9 heavy (non-hydrogen) atoms. The zero-order valence-electron chi connectivity index (χ0n) is 4.73. The van der Waals surface area contributed by atoms with Gasteiger partial charge in [-0.15, -0.1) is 0 Å². The molecule has 0 unspecified atom stereocenters. The van der Waals surface area contributed by atoms with E-state index in [0.29, 0.717) is 0 Å². The van der Waals surface area contributed by atoms with Gasteiger partial charge in [-0.1, -0.05) is 0 Å². The minimum absolute atomic E-state index is 0.935. The Balaban J connectivity index is 2.95. The van der Waals surface area contributed by atoms with Crippen molar-refractivity contribution in [1.82, 2.24) is 14.4 Å². The SMILES string of the molecule is c1cc2nccn2cn1. The van der Waals surface area contributed by atoms with Gasteiger partial charge in [0.25, 0.3) is 0 Å². The first-order valence-corrected chi connectivity index (χ1v) is 2.69. The van der Waals surface area contributed by atoms with E-state index >= 15 is 0 Å². The molecular formula is C6H5N3. The second-order valence-electron chi connectivity index (χ2n) is 1.77. The smallest absolute Gasteiger partial charge is 0.139 e. The fourth-order valence-electron chi connectivity index (χ4n) is 0.771. The Morgan fingerprint density at radius 1 is 1.33 bits per heavy atom. The molecule has 0 atom stereocenters. The number of imidazole rings is 1. The highest BCUT2D eigenvalue weighted by Crippen LogP contribution is 1.94. The highest BCUT2D eigenvalue weighted by molar-refractivity contribution is 5.34. The standard InChI is InChI=1S/C6H5N3/c1-2-7-5-9-4-3-8-6(1)9/h1-5H. The zero-order valence-corrected chi connectivity index (χ0v) is 4.73. The van der Waals surface area contributed by atoms with Gasteiger partial charge in [-0.05, 0) is 6.07 Å². The molecule has 0 N–H and O–H groups in total. The minimum atomic E-state index is 0.935. The van der Waals surface area contributed by atoms with Gasteiger partial charge >= 0.3 is 0 Å². The van der Waals surface area contributed by atoms with Crippen LogP contribution in [0, 0.1) is 0 Å². The Bertz CT molecular complexity index is 282. The molecule has 0 radical (unpaired) electrons. The highest BCUT2D eigenvalue weighted by atomic mass is 15.0. The number of hydrogen-bond donors (Lipinski definition) is 0. The van der Waals surface area contributed by atoms with Crippen molar-refractivity contribution in [2.45, 2.75) is 0 Å². The Labute approximate surface area is 52.0 Å². The average molecular weight is 119 g/mol. The molecule has 0 saturated heterocycles. The van der Waals surface area contributed by atoms with Gasteiger partial charge in [-0.25, -0.2) is 9.97 Å². The normalized spacial score (nSPS) is 10.2. The molecule has 0 fully saturated rings. The maximum Gasteiger partial charge on any atom is 0.139 e. The van der Waals surface area contributed by atoms with Gasteiger partial charge in [-0.3, -0.25) is 4.40 Å². The van der Waals surface area contributed by atoms with Crippen molar-refractivity contribution in [3.05, 3.63) is 31.0 Å². The van der Waals surface area contributed by atoms with Crippen LogP contribution >= 0.6 is 0 Å². The molecule has 0 amide bonds. The molecule has 0 aliphatic carbocycles. The van der Waals surface area contributed by atoms with Crippen LogP contribution in [0.25, 0.3) is 5.65 Å². The molecule has 0 saturated carbocycles. The van der Waals surface area contributed by atoms with Crippen LogP contribution in [0.15, 0.2) is 31.0 Å². The third-order valence-electron chi connectivity index (χ3n) is 1.20. The van der Waals surface area contributed by atoms with E-state index in [4.69, 9.17) is 0 Å². The van der Waals surface area contributed by atoms with Crippen LogP contribution in [-0.4, -0.2) is 14.4 Å². The first kappa shape index (κ1) is 4.49. The van der Waals surface area contributed by atoms with E-state index in [-0.39, 0.29) is 0 Å². The van der Waals surface area contributed by atoms with Crippen molar-refractivity contribution in [2.75, 3.05) is 0 Å². The molecule has 3 heteroatoms. The third kappa shape index (κ3) is 0.579. The summed E-state index contributed by atoms with van der Waals surface area (Å²) in [5.41, 5.74) is 0.935. The van der Waals surface area contributed by atoms with Crippen molar-refractivity contribution >= 4 is 5.65 Å². The summed E-state index contributed by atoms with van der Waals surface area (Å²) in [5, 5.41) is 0. The van der Waals surface area contributed by atoms with Crippen LogP contribution < -0.4 is 0 Å². The van der Waals surface area contributed by atoms with Gasteiger partial charge in [0.2, 0.25) is 0 Å². The van der Waals surface area contributed by atoms with Crippen LogP contribution in [0.3, 0.4) is 0 Å². The van der Waals surface area contributed by atoms with Crippen LogP contribution in [0.1, 0.15) is 0 Å². The lowest BCUT2D eigenvalue weighted by Gasteiger charge is -1.85. The van der Waals surface area contributed by atoms with E-state index < -0.39 is 0 Å². The summed E-state index contributed by atoms with van der Waals surface area (Å²) >= 11 is 0. The molecule has 2 aromatic heterocycles. The lowest BCUT2D eigenvalue weighted by molar-refractivity contribution is 1.09. The Morgan fingerprint density at radius 2 is 2.33 bits per heavy atom. The molecular weight excluding hydrogens is 114 g/mol. The second-order valence-corrected chi connectivity index (χ2v) is 1.77. The fourth-order valence-corrected chi connectivity index (χ4v) is 0.771. The molecule has 2 rings (SSSR count). The van der Waals surface area contributed by atoms with Crippen molar-refractivity contribution in [2.24, 2.45) is 0 Å². The van der Waals surface area contributed by atoms with Crippen molar-refractivity contribution in [3.8, 4) is 0 Å². The molecule has 3 nitrogen and oxygen atoms in total. The van der Waals surface area contributed by atoms with Crippen LogP contribution in [-0.2, 0) is 0 Å². The van der Waals surface area contributed by atoms with E-state index in [1.165, 1.54) is 0 Å². The second kappa shape index (κ2) is 1.55. The lowest BCUT2D eigenvalue weighted by Crippen LogP contribution is -1.81. The van der Waals surface area contributed by atoms with Crippen molar-refractivity contribution in [3.63, 3.8) is 0 Å². The predicted octanol–water partition coefficient (Wildman–Crippen LogP) is 0.729. The number of nitrogens with zero attached hydrogens (tertiary/aromatic N) is 3. The topological polar surface area (TPSA) is 30.2 Å². The van der Waals surface area contributed by atoms with Crippen LogP contribution in [0.4, 0.5) is 0 Å². The number of rotatable bonds is 0. The van der Waals surface area contributed by atoms with Crippen LogP contribution in [0.2, 0.25) is 0 Å². The summed E-state index contributed by atoms with van der Waals surface area (Å²) in [5.74, 6) is 0. The third-order valence-corrected chi connectivity index (χ3v) is 1.20. The monoisotopic (exact) mass is 119 g/mol. The van der Waals surface area contributed by atoms with Gasteiger partial charge in [0.1, 0.15) is 12.0 Å². The van der Waals surface area contributed by atoms with Gasteiger partial charge in [-0.2, -0.15) is 0 Å². The minimum Gasteiger partial charge on any atom is -0.290 e. The molecule has 2 heterocycles. The van der Waals surface area contributed by atoms with Crippen molar-refractivity contribution < 1.29 is 0 Å².